The minimum absolute atomic E-state index is 0.215. The lowest BCUT2D eigenvalue weighted by atomic mass is 10.1. The van der Waals surface area contributed by atoms with Crippen LogP contribution in [0.15, 0.2) is 84.0 Å². The van der Waals surface area contributed by atoms with Crippen LogP contribution in [-0.4, -0.2) is 16.9 Å². The second-order valence-corrected chi connectivity index (χ2v) is 5.98. The number of anilines is 1. The molecule has 3 aromatic rings. The van der Waals surface area contributed by atoms with Crippen LogP contribution in [0.3, 0.4) is 0 Å². The second kappa shape index (κ2) is 9.29. The Morgan fingerprint density at radius 1 is 0.963 bits per heavy atom. The first kappa shape index (κ1) is 18.3. The van der Waals surface area contributed by atoms with Gasteiger partial charge in [0.2, 0.25) is 5.96 Å². The fraction of sp³-hybridized carbons (Fsp3) is 0.136. The summed E-state index contributed by atoms with van der Waals surface area (Å²) in [5.74, 6) is 0.173. The topological polar surface area (TPSA) is 66.4 Å². The van der Waals surface area contributed by atoms with E-state index in [4.69, 9.17) is 0 Å². The molecule has 5 heteroatoms. The normalized spacial score (nSPS) is 11.1. The smallest absolute Gasteiger partial charge is 0.257 e. The molecule has 0 aliphatic rings. The highest BCUT2D eigenvalue weighted by Gasteiger charge is 2.09. The Morgan fingerprint density at radius 2 is 1.70 bits per heavy atom. The Bertz CT molecular complexity index is 891. The van der Waals surface area contributed by atoms with Crippen LogP contribution < -0.4 is 10.6 Å². The van der Waals surface area contributed by atoms with Crippen molar-refractivity contribution < 1.29 is 4.79 Å². The first-order valence-electron chi connectivity index (χ1n) is 8.91. The van der Waals surface area contributed by atoms with Crippen molar-refractivity contribution in [1.82, 2.24) is 10.3 Å². The Hall–Kier alpha value is -3.47. The first-order valence-corrected chi connectivity index (χ1v) is 8.91. The summed E-state index contributed by atoms with van der Waals surface area (Å²) in [4.78, 5) is 21.3. The van der Waals surface area contributed by atoms with E-state index in [0.29, 0.717) is 18.1 Å². The summed E-state index contributed by atoms with van der Waals surface area (Å²) >= 11 is 0. The van der Waals surface area contributed by atoms with Crippen LogP contribution >= 0.6 is 0 Å². The number of nitrogens with zero attached hydrogens (tertiary/aromatic N) is 2. The molecule has 0 bridgehead atoms. The zero-order valence-electron chi connectivity index (χ0n) is 15.2. The number of aromatic nitrogens is 1. The molecule has 27 heavy (non-hydrogen) atoms. The highest BCUT2D eigenvalue weighted by atomic mass is 16.1. The zero-order chi connectivity index (χ0) is 18.9. The number of aliphatic imine (C=N–C) groups is 1. The Kier molecular flexibility index (Phi) is 6.30. The molecule has 0 radical (unpaired) electrons. The van der Waals surface area contributed by atoms with Gasteiger partial charge in [0.1, 0.15) is 0 Å². The maximum Gasteiger partial charge on any atom is 0.257 e. The van der Waals surface area contributed by atoms with E-state index in [9.17, 15) is 4.79 Å². The van der Waals surface area contributed by atoms with Gasteiger partial charge in [-0.2, -0.15) is 0 Å². The van der Waals surface area contributed by atoms with E-state index in [1.165, 1.54) is 5.56 Å². The Labute approximate surface area is 159 Å². The molecule has 136 valence electrons. The van der Waals surface area contributed by atoms with Crippen molar-refractivity contribution in [3.8, 4) is 0 Å². The number of rotatable bonds is 5. The lowest BCUT2D eigenvalue weighted by molar-refractivity contribution is 0.0977. The number of carbonyl (C=O) groups is 1. The van der Waals surface area contributed by atoms with Crippen LogP contribution in [0.5, 0.6) is 0 Å². The van der Waals surface area contributed by atoms with Crippen molar-refractivity contribution in [3.63, 3.8) is 0 Å². The van der Waals surface area contributed by atoms with Gasteiger partial charge < -0.3 is 5.32 Å². The van der Waals surface area contributed by atoms with Crippen LogP contribution in [0.1, 0.15) is 28.5 Å². The minimum Gasteiger partial charge on any atom is -0.326 e. The van der Waals surface area contributed by atoms with E-state index >= 15 is 0 Å². The third-order valence-corrected chi connectivity index (χ3v) is 4.02. The molecule has 1 amide bonds. The Morgan fingerprint density at radius 3 is 2.37 bits per heavy atom. The van der Waals surface area contributed by atoms with E-state index in [-0.39, 0.29) is 5.91 Å². The standard InChI is InChI=1S/C22H22N4O/c1-2-17-11-13-19(14-12-17)25-22(24-16-20-10-6-7-15-23-20)26-21(27)18-8-4-3-5-9-18/h3-15H,2,16H2,1H3,(H2,24,25,26,27). The number of nitrogens with one attached hydrogen (secondary N) is 2. The van der Waals surface area contributed by atoms with E-state index in [0.717, 1.165) is 17.8 Å². The number of aryl methyl sites for hydroxylation is 1. The van der Waals surface area contributed by atoms with Gasteiger partial charge in [-0.05, 0) is 48.4 Å². The molecule has 0 fully saturated rings. The number of hydrogen-bond donors (Lipinski definition) is 2. The molecular formula is C22H22N4O. The average molecular weight is 358 g/mol. The lowest BCUT2D eigenvalue weighted by Crippen LogP contribution is -2.36. The summed E-state index contributed by atoms with van der Waals surface area (Å²) in [5.41, 5.74) is 3.51. The monoisotopic (exact) mass is 358 g/mol. The highest BCUT2D eigenvalue weighted by Crippen LogP contribution is 2.10. The van der Waals surface area contributed by atoms with Crippen LogP contribution in [0.2, 0.25) is 0 Å². The number of amides is 1. The number of pyridine rings is 1. The van der Waals surface area contributed by atoms with E-state index in [1.54, 1.807) is 18.3 Å². The van der Waals surface area contributed by atoms with E-state index in [1.807, 2.05) is 48.5 Å². The third kappa shape index (κ3) is 5.51. The summed E-state index contributed by atoms with van der Waals surface area (Å²) in [5, 5.41) is 6.04. The summed E-state index contributed by atoms with van der Waals surface area (Å²) in [6.07, 6.45) is 2.70. The molecule has 0 saturated carbocycles. The molecule has 0 saturated heterocycles. The van der Waals surface area contributed by atoms with E-state index < -0.39 is 0 Å². The van der Waals surface area contributed by atoms with Gasteiger partial charge in [0.25, 0.3) is 5.91 Å². The predicted molar refractivity (Wildman–Crippen MR) is 109 cm³/mol. The van der Waals surface area contributed by atoms with Gasteiger partial charge in [-0.3, -0.25) is 15.1 Å². The van der Waals surface area contributed by atoms with Gasteiger partial charge >= 0.3 is 0 Å². The molecule has 1 aromatic heterocycles. The molecule has 5 nitrogen and oxygen atoms in total. The highest BCUT2D eigenvalue weighted by molar-refractivity contribution is 6.09. The minimum atomic E-state index is -0.215. The number of hydrogen-bond acceptors (Lipinski definition) is 3. The molecule has 3 rings (SSSR count). The fourth-order valence-corrected chi connectivity index (χ4v) is 2.49. The molecule has 2 N–H and O–H groups in total. The Balaban J connectivity index is 1.77. The number of guanidine groups is 1. The molecule has 0 unspecified atom stereocenters. The largest absolute Gasteiger partial charge is 0.326 e. The molecule has 0 aliphatic carbocycles. The summed E-state index contributed by atoms with van der Waals surface area (Å²) in [6.45, 7) is 2.48. The van der Waals surface area contributed by atoms with Crippen LogP contribution in [0.4, 0.5) is 5.69 Å². The fourth-order valence-electron chi connectivity index (χ4n) is 2.49. The molecule has 2 aromatic carbocycles. The second-order valence-electron chi connectivity index (χ2n) is 5.98. The van der Waals surface area contributed by atoms with Gasteiger partial charge in [-0.25, -0.2) is 4.99 Å². The van der Waals surface area contributed by atoms with Crippen LogP contribution in [-0.2, 0) is 13.0 Å². The number of benzene rings is 2. The van der Waals surface area contributed by atoms with Crippen molar-refractivity contribution in [1.29, 1.82) is 0 Å². The molecule has 0 aliphatic heterocycles. The van der Waals surface area contributed by atoms with Gasteiger partial charge in [-0.1, -0.05) is 43.3 Å². The van der Waals surface area contributed by atoms with Gasteiger partial charge in [0.05, 0.1) is 12.2 Å². The van der Waals surface area contributed by atoms with Crippen molar-refractivity contribution in [3.05, 3.63) is 95.8 Å². The third-order valence-electron chi connectivity index (χ3n) is 4.02. The lowest BCUT2D eigenvalue weighted by Gasteiger charge is -2.12. The SMILES string of the molecule is CCc1ccc(NC(=NCc2ccccn2)NC(=O)c2ccccc2)cc1. The van der Waals surface area contributed by atoms with Crippen molar-refractivity contribution in [2.45, 2.75) is 19.9 Å². The first-order chi connectivity index (χ1) is 13.2. The summed E-state index contributed by atoms with van der Waals surface area (Å²) in [6, 6.07) is 22.8. The van der Waals surface area contributed by atoms with Crippen molar-refractivity contribution in [2.24, 2.45) is 4.99 Å². The van der Waals surface area contributed by atoms with E-state index in [2.05, 4.69) is 39.7 Å². The maximum absolute atomic E-state index is 12.5. The predicted octanol–water partition coefficient (Wildman–Crippen LogP) is 4.04. The average Bonchev–Trinajstić information content (AvgIpc) is 2.74. The molecular weight excluding hydrogens is 336 g/mol. The van der Waals surface area contributed by atoms with Gasteiger partial charge in [0, 0.05) is 17.4 Å². The van der Waals surface area contributed by atoms with Gasteiger partial charge in [0.15, 0.2) is 0 Å². The van der Waals surface area contributed by atoms with Crippen molar-refractivity contribution in [2.75, 3.05) is 5.32 Å². The maximum atomic E-state index is 12.5. The quantitative estimate of drug-likeness (QED) is 0.534. The molecule has 0 atom stereocenters. The van der Waals surface area contributed by atoms with Gasteiger partial charge in [-0.15, -0.1) is 0 Å². The van der Waals surface area contributed by atoms with Crippen LogP contribution in [0.25, 0.3) is 0 Å². The van der Waals surface area contributed by atoms with Crippen molar-refractivity contribution >= 4 is 17.6 Å². The molecule has 1 heterocycles. The number of carbonyl (C=O) groups excluding carboxylic acids is 1. The van der Waals surface area contributed by atoms with Crippen LogP contribution in [0, 0.1) is 0 Å². The summed E-state index contributed by atoms with van der Waals surface area (Å²) in [7, 11) is 0. The summed E-state index contributed by atoms with van der Waals surface area (Å²) < 4.78 is 0. The zero-order valence-corrected chi connectivity index (χ0v) is 15.2. The molecule has 0 spiro atoms.